The minimum absolute atomic E-state index is 0.0529. The van der Waals surface area contributed by atoms with Gasteiger partial charge in [0.05, 0.1) is 11.5 Å². The Morgan fingerprint density at radius 1 is 1.00 bits per heavy atom. The van der Waals surface area contributed by atoms with E-state index in [1.165, 1.54) is 30.3 Å². The summed E-state index contributed by atoms with van der Waals surface area (Å²) in [5.74, 6) is -2.78. The molecule has 2 aliphatic rings. The number of fused-ring (bicyclic) bond motifs is 1. The van der Waals surface area contributed by atoms with Crippen LogP contribution in [0, 0.1) is 0 Å². The molecule has 0 unspecified atom stereocenters. The van der Waals surface area contributed by atoms with E-state index in [1.807, 2.05) is 0 Å². The van der Waals surface area contributed by atoms with Crippen molar-refractivity contribution in [3.05, 3.63) is 53.6 Å². The molecule has 12 heteroatoms. The number of carboxylic acid groups (broad SMARTS) is 1. The summed E-state index contributed by atoms with van der Waals surface area (Å²) in [6.07, 6.45) is -8.73. The molecule has 5 N–H and O–H groups in total. The summed E-state index contributed by atoms with van der Waals surface area (Å²) in [5.41, 5.74) is 0.987. The fraction of sp³-hybridized carbons (Fsp3) is 0.375. The first kappa shape index (κ1) is 25.4. The van der Waals surface area contributed by atoms with Crippen molar-refractivity contribution in [2.75, 3.05) is 13.2 Å². The van der Waals surface area contributed by atoms with Gasteiger partial charge in [0.2, 0.25) is 6.29 Å². The van der Waals surface area contributed by atoms with Crippen molar-refractivity contribution in [3.63, 3.8) is 0 Å². The van der Waals surface area contributed by atoms with E-state index in [4.69, 9.17) is 24.1 Å². The maximum Gasteiger partial charge on any atom is 0.317 e. The Labute approximate surface area is 204 Å². The summed E-state index contributed by atoms with van der Waals surface area (Å²) in [5, 5.41) is 48.7. The van der Waals surface area contributed by atoms with Crippen LogP contribution in [0.5, 0.6) is 17.2 Å². The molecular formula is C24H24O12. The molecule has 36 heavy (non-hydrogen) atoms. The third-order valence-electron chi connectivity index (χ3n) is 5.86. The number of Topliss-reactive ketones (excluding diaryl/α,β-unsaturated/α-hetero) is 1. The number of aliphatic hydroxyl groups is 3. The zero-order valence-corrected chi connectivity index (χ0v) is 18.7. The number of rotatable bonds is 7. The molecule has 2 aromatic rings. The number of carboxylic acids is 1. The number of aromatic hydroxyl groups is 1. The molecule has 6 atom stereocenters. The summed E-state index contributed by atoms with van der Waals surface area (Å²) >= 11 is 0. The van der Waals surface area contributed by atoms with Crippen molar-refractivity contribution in [3.8, 4) is 17.2 Å². The first-order valence-corrected chi connectivity index (χ1v) is 11.0. The normalized spacial score (nSPS) is 27.5. The van der Waals surface area contributed by atoms with E-state index in [2.05, 4.69) is 0 Å². The van der Waals surface area contributed by atoms with E-state index < -0.39 is 61.6 Å². The molecule has 0 aliphatic carbocycles. The van der Waals surface area contributed by atoms with Crippen LogP contribution in [0.15, 0.2) is 42.5 Å². The van der Waals surface area contributed by atoms with Gasteiger partial charge in [-0.15, -0.1) is 0 Å². The Morgan fingerprint density at radius 3 is 2.42 bits per heavy atom. The average molecular weight is 504 g/mol. The fourth-order valence-corrected chi connectivity index (χ4v) is 3.92. The molecule has 0 radical (unpaired) electrons. The summed E-state index contributed by atoms with van der Waals surface area (Å²) in [4.78, 5) is 35.0. The van der Waals surface area contributed by atoms with Crippen LogP contribution >= 0.6 is 0 Å². The van der Waals surface area contributed by atoms with Gasteiger partial charge in [0.25, 0.3) is 0 Å². The number of carbonyl (C=O) groups is 3. The van der Waals surface area contributed by atoms with Crippen LogP contribution in [0.2, 0.25) is 0 Å². The molecule has 2 heterocycles. The van der Waals surface area contributed by atoms with Gasteiger partial charge >= 0.3 is 11.9 Å². The molecular weight excluding hydrogens is 480 g/mol. The van der Waals surface area contributed by atoms with Gasteiger partial charge in [-0.3, -0.25) is 14.4 Å². The predicted molar refractivity (Wildman–Crippen MR) is 118 cm³/mol. The second-order valence-electron chi connectivity index (χ2n) is 8.36. The second kappa shape index (κ2) is 10.5. The molecule has 12 nitrogen and oxygen atoms in total. The van der Waals surface area contributed by atoms with Crippen molar-refractivity contribution >= 4 is 17.7 Å². The van der Waals surface area contributed by atoms with E-state index >= 15 is 0 Å². The predicted octanol–water partition coefficient (Wildman–Crippen LogP) is -0.0446. The van der Waals surface area contributed by atoms with Gasteiger partial charge in [-0.05, 0) is 29.8 Å². The van der Waals surface area contributed by atoms with E-state index in [-0.39, 0.29) is 29.6 Å². The van der Waals surface area contributed by atoms with Crippen LogP contribution < -0.4 is 9.47 Å². The molecule has 1 saturated heterocycles. The van der Waals surface area contributed by atoms with Crippen LogP contribution in [0.1, 0.15) is 28.3 Å². The molecule has 1 fully saturated rings. The van der Waals surface area contributed by atoms with Gasteiger partial charge in [-0.1, -0.05) is 12.1 Å². The highest BCUT2D eigenvalue weighted by atomic mass is 16.7. The van der Waals surface area contributed by atoms with Gasteiger partial charge < -0.3 is 44.5 Å². The Morgan fingerprint density at radius 2 is 1.72 bits per heavy atom. The van der Waals surface area contributed by atoms with Crippen LogP contribution in [-0.2, 0) is 19.1 Å². The van der Waals surface area contributed by atoms with Crippen LogP contribution in [0.4, 0.5) is 0 Å². The van der Waals surface area contributed by atoms with Crippen LogP contribution in [0.3, 0.4) is 0 Å². The van der Waals surface area contributed by atoms with Crippen LogP contribution in [-0.4, -0.2) is 87.2 Å². The summed E-state index contributed by atoms with van der Waals surface area (Å²) < 4.78 is 21.6. The lowest BCUT2D eigenvalue weighted by Crippen LogP contribution is -2.60. The first-order valence-electron chi connectivity index (χ1n) is 11.0. The van der Waals surface area contributed by atoms with Crippen LogP contribution in [0.25, 0.3) is 0 Å². The third kappa shape index (κ3) is 5.41. The maximum atomic E-state index is 13.0. The van der Waals surface area contributed by atoms with Crippen molar-refractivity contribution in [1.82, 2.24) is 0 Å². The fourth-order valence-electron chi connectivity index (χ4n) is 3.92. The lowest BCUT2D eigenvalue weighted by molar-refractivity contribution is -0.278. The number of aliphatic carboxylic acids is 1. The molecule has 2 aromatic carbocycles. The first-order chi connectivity index (χ1) is 17.1. The van der Waals surface area contributed by atoms with Crippen molar-refractivity contribution in [1.29, 1.82) is 0 Å². The highest BCUT2D eigenvalue weighted by Crippen LogP contribution is 2.36. The quantitative estimate of drug-likeness (QED) is 0.250. The summed E-state index contributed by atoms with van der Waals surface area (Å²) in [7, 11) is 0. The molecule has 2 aliphatic heterocycles. The van der Waals surface area contributed by atoms with E-state index in [9.17, 15) is 34.8 Å². The smallest absolute Gasteiger partial charge is 0.317 e. The Kier molecular flexibility index (Phi) is 7.40. The van der Waals surface area contributed by atoms with E-state index in [0.29, 0.717) is 11.1 Å². The van der Waals surface area contributed by atoms with E-state index in [0.717, 1.165) is 0 Å². The summed E-state index contributed by atoms with van der Waals surface area (Å²) in [6.45, 7) is -0.533. The molecule has 0 spiro atoms. The zero-order chi connectivity index (χ0) is 26.0. The van der Waals surface area contributed by atoms with Crippen molar-refractivity contribution < 1.29 is 58.9 Å². The Balaban J connectivity index is 1.44. The largest absolute Gasteiger partial charge is 0.508 e. The maximum absolute atomic E-state index is 13.0. The molecule has 0 amide bonds. The molecule has 0 aromatic heterocycles. The number of ketones is 1. The minimum atomic E-state index is -1.71. The molecule has 0 saturated carbocycles. The van der Waals surface area contributed by atoms with Crippen molar-refractivity contribution in [2.45, 2.75) is 43.0 Å². The number of carbonyl (C=O) groups excluding carboxylic acids is 2. The monoisotopic (exact) mass is 504 g/mol. The average Bonchev–Trinajstić information content (AvgIpc) is 2.84. The Bertz CT molecular complexity index is 1130. The Hall–Kier alpha value is -3.71. The number of hydrogen-bond acceptors (Lipinski definition) is 11. The van der Waals surface area contributed by atoms with E-state index in [1.54, 1.807) is 12.1 Å². The third-order valence-corrected chi connectivity index (χ3v) is 5.86. The lowest BCUT2D eigenvalue weighted by atomic mass is 9.89. The topological polar surface area (TPSA) is 189 Å². The van der Waals surface area contributed by atoms with Gasteiger partial charge in [-0.25, -0.2) is 0 Å². The number of aliphatic hydroxyl groups excluding tert-OH is 3. The van der Waals surface area contributed by atoms with Gasteiger partial charge in [0, 0.05) is 6.07 Å². The number of hydrogen-bond donors (Lipinski definition) is 5. The lowest BCUT2D eigenvalue weighted by Gasteiger charge is -2.40. The van der Waals surface area contributed by atoms with Crippen molar-refractivity contribution in [2.24, 2.45) is 0 Å². The molecule has 192 valence electrons. The number of ether oxygens (including phenoxy) is 4. The number of benzene rings is 2. The molecule has 0 bridgehead atoms. The minimum Gasteiger partial charge on any atom is -0.508 e. The standard InChI is InChI=1S/C24H24O12/c25-12-3-1-11(2-4-12)15-9-33-16-7-13(5-6-14(16)20(15)29)35-24-23(32)22(31)21(30)17(36-24)10-34-19(28)8-18(26)27/h1-7,15,17,21-25,30-32H,8-10H2,(H,26,27)/t15-,17+,21+,22+,23+,24+/m0/s1. The van der Waals surface area contributed by atoms with Gasteiger partial charge in [-0.2, -0.15) is 0 Å². The summed E-state index contributed by atoms with van der Waals surface area (Å²) in [6, 6.07) is 10.6. The highest BCUT2D eigenvalue weighted by molar-refractivity contribution is 6.04. The number of esters is 1. The molecule has 4 rings (SSSR count). The van der Waals surface area contributed by atoms with Gasteiger partial charge in [0.15, 0.2) is 5.78 Å². The van der Waals surface area contributed by atoms with Gasteiger partial charge in [0.1, 0.15) is 61.3 Å². The zero-order valence-electron chi connectivity index (χ0n) is 18.7. The SMILES string of the molecule is O=C(O)CC(=O)OC[C@H]1O[C@@H](Oc2ccc3c(c2)OC[C@@H](c2ccc(O)cc2)C3=O)[C@H](O)[C@H](O)[C@@H]1O. The number of phenols is 1. The highest BCUT2D eigenvalue weighted by Gasteiger charge is 2.45. The number of phenolic OH excluding ortho intramolecular Hbond substituents is 1. The second-order valence-corrected chi connectivity index (χ2v) is 8.36.